The number of piperidine rings is 1. The fraction of sp³-hybridized carbons (Fsp3) is 0.500. The van der Waals surface area contributed by atoms with Crippen molar-refractivity contribution < 1.29 is 4.74 Å². The summed E-state index contributed by atoms with van der Waals surface area (Å²) >= 11 is 1.68. The van der Waals surface area contributed by atoms with Crippen molar-refractivity contribution in [2.24, 2.45) is 0 Å². The SMILES string of the molecule is COCN1c2cc(CN3C(C)CCCC3C)ccc2Sc2nccnc21. The van der Waals surface area contributed by atoms with Crippen molar-refractivity contribution in [1.82, 2.24) is 14.9 Å². The van der Waals surface area contributed by atoms with Crippen LogP contribution in [-0.4, -0.2) is 40.8 Å². The third-order valence-electron chi connectivity index (χ3n) is 5.42. The van der Waals surface area contributed by atoms with Crippen LogP contribution < -0.4 is 4.90 Å². The molecule has 0 N–H and O–H groups in total. The van der Waals surface area contributed by atoms with Gasteiger partial charge in [-0.15, -0.1) is 0 Å². The molecule has 4 rings (SSSR count). The van der Waals surface area contributed by atoms with E-state index in [-0.39, 0.29) is 0 Å². The zero-order valence-corrected chi connectivity index (χ0v) is 16.5. The lowest BCUT2D eigenvalue weighted by molar-refractivity contribution is 0.0952. The minimum atomic E-state index is 0.471. The van der Waals surface area contributed by atoms with Crippen molar-refractivity contribution in [3.63, 3.8) is 0 Å². The summed E-state index contributed by atoms with van der Waals surface area (Å²) in [5.41, 5.74) is 2.51. The van der Waals surface area contributed by atoms with E-state index >= 15 is 0 Å². The number of rotatable bonds is 4. The molecule has 138 valence electrons. The summed E-state index contributed by atoms with van der Waals surface area (Å²) in [5.74, 6) is 0.878. The first-order valence-electron chi connectivity index (χ1n) is 9.31. The van der Waals surface area contributed by atoms with Gasteiger partial charge in [-0.3, -0.25) is 9.80 Å². The van der Waals surface area contributed by atoms with Crippen LogP contribution in [-0.2, 0) is 11.3 Å². The second-order valence-electron chi connectivity index (χ2n) is 7.24. The number of fused-ring (bicyclic) bond motifs is 2. The van der Waals surface area contributed by atoms with Gasteiger partial charge in [-0.1, -0.05) is 24.2 Å². The van der Waals surface area contributed by atoms with E-state index < -0.39 is 0 Å². The molecule has 1 fully saturated rings. The minimum Gasteiger partial charge on any atom is -0.364 e. The van der Waals surface area contributed by atoms with E-state index in [0.29, 0.717) is 18.8 Å². The molecular weight excluding hydrogens is 344 g/mol. The molecule has 5 nitrogen and oxygen atoms in total. The first-order valence-corrected chi connectivity index (χ1v) is 10.1. The van der Waals surface area contributed by atoms with E-state index in [9.17, 15) is 0 Å². The second kappa shape index (κ2) is 7.55. The molecule has 1 saturated heterocycles. The van der Waals surface area contributed by atoms with E-state index in [4.69, 9.17) is 4.74 Å². The third kappa shape index (κ3) is 3.33. The van der Waals surface area contributed by atoms with Crippen molar-refractivity contribution in [2.75, 3.05) is 18.7 Å². The Kier molecular flexibility index (Phi) is 5.16. The molecule has 26 heavy (non-hydrogen) atoms. The lowest BCUT2D eigenvalue weighted by Crippen LogP contribution is -2.43. The number of aromatic nitrogens is 2. The Hall–Kier alpha value is -1.63. The molecular formula is C20H26N4OS. The van der Waals surface area contributed by atoms with Gasteiger partial charge in [0, 0.05) is 43.0 Å². The summed E-state index contributed by atoms with van der Waals surface area (Å²) in [4.78, 5) is 15.0. The zero-order valence-electron chi connectivity index (χ0n) is 15.7. The molecule has 2 unspecified atom stereocenters. The minimum absolute atomic E-state index is 0.471. The molecule has 2 aliphatic heterocycles. The van der Waals surface area contributed by atoms with E-state index in [1.807, 2.05) is 0 Å². The largest absolute Gasteiger partial charge is 0.364 e. The second-order valence-corrected chi connectivity index (χ2v) is 8.27. The van der Waals surface area contributed by atoms with Crippen molar-refractivity contribution in [3.8, 4) is 0 Å². The maximum atomic E-state index is 5.46. The van der Waals surface area contributed by atoms with Crippen LogP contribution >= 0.6 is 11.8 Å². The van der Waals surface area contributed by atoms with Gasteiger partial charge in [0.2, 0.25) is 0 Å². The van der Waals surface area contributed by atoms with Crippen LogP contribution in [0.5, 0.6) is 0 Å². The maximum Gasteiger partial charge on any atom is 0.168 e. The van der Waals surface area contributed by atoms with Gasteiger partial charge < -0.3 is 4.74 Å². The summed E-state index contributed by atoms with van der Waals surface area (Å²) < 4.78 is 5.46. The van der Waals surface area contributed by atoms with Crippen molar-refractivity contribution >= 4 is 23.3 Å². The Labute approximate surface area is 159 Å². The lowest BCUT2D eigenvalue weighted by Gasteiger charge is -2.39. The summed E-state index contributed by atoms with van der Waals surface area (Å²) in [5, 5.41) is 0.933. The summed E-state index contributed by atoms with van der Waals surface area (Å²) in [6, 6.07) is 8.06. The number of nitrogens with zero attached hydrogens (tertiary/aromatic N) is 4. The molecule has 1 aromatic heterocycles. The number of hydrogen-bond acceptors (Lipinski definition) is 6. The van der Waals surface area contributed by atoms with Crippen molar-refractivity contribution in [1.29, 1.82) is 0 Å². The van der Waals surface area contributed by atoms with E-state index in [2.05, 4.69) is 51.8 Å². The highest BCUT2D eigenvalue weighted by atomic mass is 32.2. The summed E-state index contributed by atoms with van der Waals surface area (Å²) in [6.45, 7) is 6.17. The van der Waals surface area contributed by atoms with Crippen LogP contribution in [0.15, 0.2) is 40.5 Å². The molecule has 0 radical (unpaired) electrons. The number of anilines is 2. The highest BCUT2D eigenvalue weighted by Gasteiger charge is 2.28. The summed E-state index contributed by atoms with van der Waals surface area (Å²) in [6.07, 6.45) is 7.42. The monoisotopic (exact) mass is 370 g/mol. The fourth-order valence-electron chi connectivity index (χ4n) is 4.01. The summed E-state index contributed by atoms with van der Waals surface area (Å²) in [7, 11) is 1.72. The number of ether oxygens (including phenoxy) is 1. The van der Waals surface area contributed by atoms with E-state index in [0.717, 1.165) is 17.4 Å². The number of hydrogen-bond donors (Lipinski definition) is 0. The van der Waals surface area contributed by atoms with Crippen LogP contribution in [0, 0.1) is 0 Å². The highest BCUT2D eigenvalue weighted by Crippen LogP contribution is 2.46. The normalized spacial score (nSPS) is 22.8. The quantitative estimate of drug-likeness (QED) is 0.792. The Bertz CT molecular complexity index is 774. The van der Waals surface area contributed by atoms with E-state index in [1.54, 1.807) is 31.3 Å². The number of likely N-dealkylation sites (tertiary alicyclic amines) is 1. The molecule has 2 aliphatic rings. The van der Waals surface area contributed by atoms with Gasteiger partial charge >= 0.3 is 0 Å². The van der Waals surface area contributed by atoms with Gasteiger partial charge in [0.25, 0.3) is 0 Å². The number of benzene rings is 1. The highest BCUT2D eigenvalue weighted by molar-refractivity contribution is 7.99. The van der Waals surface area contributed by atoms with E-state index in [1.165, 1.54) is 35.4 Å². The van der Waals surface area contributed by atoms with Gasteiger partial charge in [0.15, 0.2) is 5.82 Å². The van der Waals surface area contributed by atoms with Crippen molar-refractivity contribution in [3.05, 3.63) is 36.2 Å². The Morgan fingerprint density at radius 3 is 2.69 bits per heavy atom. The van der Waals surface area contributed by atoms with Crippen LogP contribution in [0.3, 0.4) is 0 Å². The molecule has 0 spiro atoms. The average molecular weight is 371 g/mol. The van der Waals surface area contributed by atoms with Crippen LogP contribution in [0.4, 0.5) is 11.5 Å². The predicted molar refractivity (Wildman–Crippen MR) is 105 cm³/mol. The van der Waals surface area contributed by atoms with Crippen LogP contribution in [0.2, 0.25) is 0 Å². The van der Waals surface area contributed by atoms with Crippen LogP contribution in [0.25, 0.3) is 0 Å². The van der Waals surface area contributed by atoms with Gasteiger partial charge in [0.1, 0.15) is 11.8 Å². The zero-order chi connectivity index (χ0) is 18.1. The Morgan fingerprint density at radius 2 is 1.92 bits per heavy atom. The van der Waals surface area contributed by atoms with Gasteiger partial charge in [-0.2, -0.15) is 0 Å². The molecule has 2 aromatic rings. The average Bonchev–Trinajstić information content (AvgIpc) is 2.65. The lowest BCUT2D eigenvalue weighted by atomic mass is 9.96. The Morgan fingerprint density at radius 1 is 1.15 bits per heavy atom. The number of methoxy groups -OCH3 is 1. The first-order chi connectivity index (χ1) is 12.7. The third-order valence-corrected chi connectivity index (χ3v) is 6.47. The molecule has 3 heterocycles. The van der Waals surface area contributed by atoms with Gasteiger partial charge in [-0.05, 0) is 44.4 Å². The molecule has 0 aliphatic carbocycles. The molecule has 0 saturated carbocycles. The molecule has 6 heteroatoms. The Balaban J connectivity index is 1.65. The fourth-order valence-corrected chi connectivity index (χ4v) is 4.99. The van der Waals surface area contributed by atoms with Gasteiger partial charge in [-0.25, -0.2) is 9.97 Å². The smallest absolute Gasteiger partial charge is 0.168 e. The topological polar surface area (TPSA) is 41.5 Å². The predicted octanol–water partition coefficient (Wildman–Crippen LogP) is 4.45. The molecule has 0 bridgehead atoms. The van der Waals surface area contributed by atoms with Crippen molar-refractivity contribution in [2.45, 2.75) is 61.7 Å². The molecule has 1 aromatic carbocycles. The molecule has 0 amide bonds. The maximum absolute atomic E-state index is 5.46. The molecule has 2 atom stereocenters. The first kappa shape index (κ1) is 17.8. The standard InChI is InChI=1S/C20H26N4OS/c1-14-5-4-6-15(2)23(14)12-16-7-8-18-17(11-16)24(13-25-3)19-20(26-18)22-10-9-21-19/h7-11,14-15H,4-6,12-13H2,1-3H3. The van der Waals surface area contributed by atoms with Gasteiger partial charge in [0.05, 0.1) is 5.69 Å². The van der Waals surface area contributed by atoms with Crippen LogP contribution in [0.1, 0.15) is 38.7 Å².